The predicted molar refractivity (Wildman–Crippen MR) is 59.9 cm³/mol. The second-order valence-electron chi connectivity index (χ2n) is 4.99. The van der Waals surface area contributed by atoms with E-state index in [4.69, 9.17) is 10.8 Å². The molecule has 0 aliphatic heterocycles. The fourth-order valence-electron chi connectivity index (χ4n) is 2.10. The minimum atomic E-state index is -1.00. The summed E-state index contributed by atoms with van der Waals surface area (Å²) in [7, 11) is 0. The van der Waals surface area contributed by atoms with E-state index in [-0.39, 0.29) is 18.5 Å². The summed E-state index contributed by atoms with van der Waals surface area (Å²) < 4.78 is 0. The molecular weight excluding hydrogens is 208 g/mol. The van der Waals surface area contributed by atoms with E-state index in [1.807, 2.05) is 0 Å². The fraction of sp³-hybridized carbons (Fsp3) is 0.818. The van der Waals surface area contributed by atoms with Gasteiger partial charge in [-0.25, -0.2) is 0 Å². The maximum absolute atomic E-state index is 12.0. The molecule has 5 heteroatoms. The normalized spacial score (nSPS) is 17.4. The average Bonchev–Trinajstić information content (AvgIpc) is 2.63. The van der Waals surface area contributed by atoms with E-state index in [2.05, 4.69) is 0 Å². The Hall–Kier alpha value is -1.10. The van der Waals surface area contributed by atoms with Crippen LogP contribution in [0.2, 0.25) is 0 Å². The third-order valence-corrected chi connectivity index (χ3v) is 2.88. The molecule has 0 atom stereocenters. The Balaban J connectivity index is 2.77. The molecule has 1 amide bonds. The molecule has 0 heterocycles. The Morgan fingerprint density at radius 2 is 1.88 bits per heavy atom. The van der Waals surface area contributed by atoms with Crippen LogP contribution >= 0.6 is 0 Å². The zero-order valence-electron chi connectivity index (χ0n) is 9.90. The summed E-state index contributed by atoms with van der Waals surface area (Å²) in [5.41, 5.74) is 4.74. The van der Waals surface area contributed by atoms with E-state index < -0.39 is 11.5 Å². The molecule has 0 spiro atoms. The highest BCUT2D eigenvalue weighted by Crippen LogP contribution is 2.24. The summed E-state index contributed by atoms with van der Waals surface area (Å²) in [5.74, 6) is -1.26. The van der Waals surface area contributed by atoms with Crippen molar-refractivity contribution in [3.8, 4) is 0 Å². The highest BCUT2D eigenvalue weighted by atomic mass is 16.4. The van der Waals surface area contributed by atoms with Gasteiger partial charge in [0, 0.05) is 6.04 Å². The number of nitrogens with two attached hydrogens (primary N) is 1. The standard InChI is InChI=1S/C11H20N2O3/c1-11(2,12)10(16)13(7-9(14)15)8-5-3-4-6-8/h8H,3-7,12H2,1-2H3,(H,14,15). The number of carboxylic acids is 1. The van der Waals surface area contributed by atoms with Crippen molar-refractivity contribution in [3.63, 3.8) is 0 Å². The number of amides is 1. The molecule has 0 saturated heterocycles. The van der Waals surface area contributed by atoms with Gasteiger partial charge in [-0.1, -0.05) is 12.8 Å². The van der Waals surface area contributed by atoms with Crippen LogP contribution in [-0.4, -0.2) is 40.0 Å². The van der Waals surface area contributed by atoms with Crippen LogP contribution in [0, 0.1) is 0 Å². The highest BCUT2D eigenvalue weighted by Gasteiger charge is 2.34. The first-order valence-electron chi connectivity index (χ1n) is 5.64. The Labute approximate surface area is 95.6 Å². The van der Waals surface area contributed by atoms with Gasteiger partial charge in [0.1, 0.15) is 6.54 Å². The van der Waals surface area contributed by atoms with Gasteiger partial charge in [0.25, 0.3) is 0 Å². The molecule has 0 aromatic heterocycles. The van der Waals surface area contributed by atoms with Crippen LogP contribution in [0.15, 0.2) is 0 Å². The van der Waals surface area contributed by atoms with E-state index in [1.165, 1.54) is 4.90 Å². The van der Waals surface area contributed by atoms with Crippen molar-refractivity contribution < 1.29 is 14.7 Å². The maximum atomic E-state index is 12.0. The lowest BCUT2D eigenvalue weighted by Crippen LogP contribution is -2.55. The van der Waals surface area contributed by atoms with Crippen LogP contribution in [-0.2, 0) is 9.59 Å². The average molecular weight is 228 g/mol. The van der Waals surface area contributed by atoms with Crippen LogP contribution in [0.1, 0.15) is 39.5 Å². The Kier molecular flexibility index (Phi) is 3.91. The summed E-state index contributed by atoms with van der Waals surface area (Å²) in [5, 5.41) is 8.82. The molecule has 0 bridgehead atoms. The van der Waals surface area contributed by atoms with Gasteiger partial charge < -0.3 is 15.7 Å². The van der Waals surface area contributed by atoms with Crippen molar-refractivity contribution in [3.05, 3.63) is 0 Å². The zero-order chi connectivity index (χ0) is 12.3. The summed E-state index contributed by atoms with van der Waals surface area (Å²) in [6, 6.07) is 0.0476. The van der Waals surface area contributed by atoms with Crippen molar-refractivity contribution in [2.75, 3.05) is 6.54 Å². The third kappa shape index (κ3) is 3.20. The van der Waals surface area contributed by atoms with Crippen molar-refractivity contribution in [2.45, 2.75) is 51.1 Å². The number of hydrogen-bond donors (Lipinski definition) is 2. The molecule has 0 radical (unpaired) electrons. The maximum Gasteiger partial charge on any atom is 0.323 e. The SMILES string of the molecule is CC(C)(N)C(=O)N(CC(=O)O)C1CCCC1. The summed E-state index contributed by atoms with van der Waals surface area (Å²) in [6.07, 6.45) is 3.88. The molecular formula is C11H20N2O3. The summed E-state index contributed by atoms with van der Waals surface area (Å²) >= 11 is 0. The molecule has 16 heavy (non-hydrogen) atoms. The van der Waals surface area contributed by atoms with Crippen LogP contribution in [0.3, 0.4) is 0 Å². The lowest BCUT2D eigenvalue weighted by Gasteiger charge is -2.32. The molecule has 92 valence electrons. The van der Waals surface area contributed by atoms with Gasteiger partial charge in [0.05, 0.1) is 5.54 Å². The lowest BCUT2D eigenvalue weighted by atomic mass is 10.0. The fourth-order valence-corrected chi connectivity index (χ4v) is 2.10. The second kappa shape index (κ2) is 4.82. The molecule has 0 aromatic rings. The van der Waals surface area contributed by atoms with E-state index in [9.17, 15) is 9.59 Å². The highest BCUT2D eigenvalue weighted by molar-refractivity contribution is 5.88. The number of hydrogen-bond acceptors (Lipinski definition) is 3. The molecule has 1 fully saturated rings. The van der Waals surface area contributed by atoms with Crippen molar-refractivity contribution in [1.29, 1.82) is 0 Å². The Bertz CT molecular complexity index is 277. The van der Waals surface area contributed by atoms with E-state index in [0.29, 0.717) is 0 Å². The molecule has 1 aliphatic rings. The smallest absolute Gasteiger partial charge is 0.323 e. The number of carboxylic acid groups (broad SMARTS) is 1. The minimum Gasteiger partial charge on any atom is -0.480 e. The topological polar surface area (TPSA) is 83.6 Å². The second-order valence-corrected chi connectivity index (χ2v) is 4.99. The van der Waals surface area contributed by atoms with Gasteiger partial charge in [-0.15, -0.1) is 0 Å². The molecule has 1 rings (SSSR count). The number of carbonyl (C=O) groups excluding carboxylic acids is 1. The first-order valence-corrected chi connectivity index (χ1v) is 5.64. The summed E-state index contributed by atoms with van der Waals surface area (Å²) in [4.78, 5) is 24.2. The number of carbonyl (C=O) groups is 2. The molecule has 5 nitrogen and oxygen atoms in total. The number of aliphatic carboxylic acids is 1. The van der Waals surface area contributed by atoms with Gasteiger partial charge in [0.15, 0.2) is 0 Å². The Morgan fingerprint density at radius 1 is 1.38 bits per heavy atom. The van der Waals surface area contributed by atoms with Gasteiger partial charge >= 0.3 is 5.97 Å². The number of rotatable bonds is 4. The first kappa shape index (κ1) is 13.0. The van der Waals surface area contributed by atoms with Crippen LogP contribution < -0.4 is 5.73 Å². The Morgan fingerprint density at radius 3 is 2.25 bits per heavy atom. The minimum absolute atomic E-state index is 0.0476. The van der Waals surface area contributed by atoms with E-state index in [0.717, 1.165) is 25.7 Å². The lowest BCUT2D eigenvalue weighted by molar-refractivity contribution is -0.148. The largest absolute Gasteiger partial charge is 0.480 e. The van der Waals surface area contributed by atoms with Gasteiger partial charge in [-0.3, -0.25) is 9.59 Å². The van der Waals surface area contributed by atoms with E-state index in [1.54, 1.807) is 13.8 Å². The number of nitrogens with zero attached hydrogens (tertiary/aromatic N) is 1. The van der Waals surface area contributed by atoms with Crippen LogP contribution in [0.4, 0.5) is 0 Å². The van der Waals surface area contributed by atoms with Gasteiger partial charge in [-0.05, 0) is 26.7 Å². The molecule has 3 N–H and O–H groups in total. The van der Waals surface area contributed by atoms with E-state index >= 15 is 0 Å². The third-order valence-electron chi connectivity index (χ3n) is 2.88. The van der Waals surface area contributed by atoms with Gasteiger partial charge in [0.2, 0.25) is 5.91 Å². The van der Waals surface area contributed by atoms with Crippen molar-refractivity contribution in [1.82, 2.24) is 4.90 Å². The molecule has 0 unspecified atom stereocenters. The zero-order valence-corrected chi connectivity index (χ0v) is 9.90. The molecule has 1 aliphatic carbocycles. The van der Waals surface area contributed by atoms with Crippen molar-refractivity contribution in [2.24, 2.45) is 5.73 Å². The molecule has 1 saturated carbocycles. The van der Waals surface area contributed by atoms with Crippen molar-refractivity contribution >= 4 is 11.9 Å². The van der Waals surface area contributed by atoms with Crippen LogP contribution in [0.25, 0.3) is 0 Å². The monoisotopic (exact) mass is 228 g/mol. The first-order chi connectivity index (χ1) is 7.32. The van der Waals surface area contributed by atoms with Gasteiger partial charge in [-0.2, -0.15) is 0 Å². The quantitative estimate of drug-likeness (QED) is 0.737. The molecule has 0 aromatic carbocycles. The predicted octanol–water partition coefficient (Wildman–Crippen LogP) is 0.579. The van der Waals surface area contributed by atoms with Crippen LogP contribution in [0.5, 0.6) is 0 Å². The summed E-state index contributed by atoms with van der Waals surface area (Å²) in [6.45, 7) is 2.97.